The largest absolute Gasteiger partial charge is 0.356 e. The summed E-state index contributed by atoms with van der Waals surface area (Å²) in [6, 6.07) is 5.89. The topological polar surface area (TPSA) is 42.0 Å². The molecule has 0 atom stereocenters. The second kappa shape index (κ2) is 6.13. The van der Waals surface area contributed by atoms with Crippen molar-refractivity contribution in [3.05, 3.63) is 30.1 Å². The Morgan fingerprint density at radius 1 is 1.50 bits per heavy atom. The lowest BCUT2D eigenvalue weighted by atomic mass is 10.2. The van der Waals surface area contributed by atoms with E-state index in [2.05, 4.69) is 10.3 Å². The molecule has 0 fully saturated rings. The van der Waals surface area contributed by atoms with Gasteiger partial charge in [-0.15, -0.1) is 0 Å². The second-order valence-corrected chi connectivity index (χ2v) is 3.13. The highest BCUT2D eigenvalue weighted by Crippen LogP contribution is 1.96. The molecule has 3 nitrogen and oxygen atoms in total. The summed E-state index contributed by atoms with van der Waals surface area (Å²) < 4.78 is 0. The van der Waals surface area contributed by atoms with Gasteiger partial charge in [-0.2, -0.15) is 0 Å². The van der Waals surface area contributed by atoms with Crippen molar-refractivity contribution in [2.75, 3.05) is 6.54 Å². The summed E-state index contributed by atoms with van der Waals surface area (Å²) in [6.45, 7) is 2.59. The third kappa shape index (κ3) is 4.03. The number of nitrogens with one attached hydrogen (secondary N) is 1. The number of nitrogens with zero attached hydrogens (tertiary/aromatic N) is 1. The first-order valence-electron chi connectivity index (χ1n) is 4.99. The van der Waals surface area contributed by atoms with Gasteiger partial charge in [0.2, 0.25) is 5.91 Å². The van der Waals surface area contributed by atoms with Crippen LogP contribution in [0, 0.1) is 0 Å². The molecule has 0 saturated heterocycles. The lowest BCUT2D eigenvalue weighted by Crippen LogP contribution is -2.23. The van der Waals surface area contributed by atoms with Gasteiger partial charge >= 0.3 is 0 Å². The van der Waals surface area contributed by atoms with Crippen LogP contribution in [0.4, 0.5) is 0 Å². The van der Waals surface area contributed by atoms with Crippen molar-refractivity contribution in [1.29, 1.82) is 0 Å². The highest BCUT2D eigenvalue weighted by molar-refractivity contribution is 5.75. The van der Waals surface area contributed by atoms with Crippen LogP contribution in [0.15, 0.2) is 24.4 Å². The standard InChI is InChI=1S/C11H16N2O/c1-2-11(14)13-9-5-7-10-6-3-4-8-12-10/h3-4,6,8H,2,5,7,9H2,1H3,(H,13,14). The van der Waals surface area contributed by atoms with E-state index in [1.165, 1.54) is 0 Å². The molecule has 1 aromatic rings. The van der Waals surface area contributed by atoms with Crippen LogP contribution in [0.5, 0.6) is 0 Å². The molecule has 14 heavy (non-hydrogen) atoms. The van der Waals surface area contributed by atoms with Gasteiger partial charge in [0.15, 0.2) is 0 Å². The first-order valence-corrected chi connectivity index (χ1v) is 4.99. The number of rotatable bonds is 5. The molecule has 3 heteroatoms. The summed E-state index contributed by atoms with van der Waals surface area (Å²) in [4.78, 5) is 15.1. The lowest BCUT2D eigenvalue weighted by Gasteiger charge is -2.02. The van der Waals surface area contributed by atoms with Crippen LogP contribution in [0.2, 0.25) is 0 Å². The number of hydrogen-bond acceptors (Lipinski definition) is 2. The maximum absolute atomic E-state index is 10.9. The van der Waals surface area contributed by atoms with E-state index in [0.717, 1.165) is 25.1 Å². The Hall–Kier alpha value is -1.38. The minimum Gasteiger partial charge on any atom is -0.356 e. The number of aromatic nitrogens is 1. The number of amides is 1. The normalized spacial score (nSPS) is 9.79. The number of pyridine rings is 1. The molecule has 1 amide bonds. The molecule has 0 aliphatic heterocycles. The van der Waals surface area contributed by atoms with Crippen LogP contribution in [0.1, 0.15) is 25.5 Å². The molecule has 0 aliphatic rings. The van der Waals surface area contributed by atoms with E-state index in [1.807, 2.05) is 25.1 Å². The lowest BCUT2D eigenvalue weighted by molar-refractivity contribution is -0.120. The van der Waals surface area contributed by atoms with Crippen LogP contribution in [0.3, 0.4) is 0 Å². The summed E-state index contributed by atoms with van der Waals surface area (Å²) in [5.74, 6) is 0.117. The molecule has 0 bridgehead atoms. The van der Waals surface area contributed by atoms with E-state index in [0.29, 0.717) is 6.42 Å². The molecule has 1 rings (SSSR count). The summed E-state index contributed by atoms with van der Waals surface area (Å²) in [7, 11) is 0. The van der Waals surface area contributed by atoms with Crippen molar-refractivity contribution in [3.8, 4) is 0 Å². The van der Waals surface area contributed by atoms with Crippen molar-refractivity contribution in [3.63, 3.8) is 0 Å². The van der Waals surface area contributed by atoms with Gasteiger partial charge in [0.25, 0.3) is 0 Å². The minimum atomic E-state index is 0.117. The summed E-state index contributed by atoms with van der Waals surface area (Å²) in [6.07, 6.45) is 4.22. The molecule has 0 aliphatic carbocycles. The molecular formula is C11H16N2O. The molecule has 0 radical (unpaired) electrons. The summed E-state index contributed by atoms with van der Waals surface area (Å²) in [5, 5.41) is 2.84. The molecule has 1 heterocycles. The van der Waals surface area contributed by atoms with Crippen molar-refractivity contribution < 1.29 is 4.79 Å². The van der Waals surface area contributed by atoms with Gasteiger partial charge in [0.1, 0.15) is 0 Å². The summed E-state index contributed by atoms with van der Waals surface area (Å²) in [5.41, 5.74) is 1.08. The highest BCUT2D eigenvalue weighted by Gasteiger charge is 1.96. The average Bonchev–Trinajstić information content (AvgIpc) is 2.25. The van der Waals surface area contributed by atoms with Gasteiger partial charge in [-0.3, -0.25) is 9.78 Å². The molecule has 0 spiro atoms. The maximum Gasteiger partial charge on any atom is 0.219 e. The fourth-order valence-corrected chi connectivity index (χ4v) is 1.17. The van der Waals surface area contributed by atoms with Crippen LogP contribution >= 0.6 is 0 Å². The highest BCUT2D eigenvalue weighted by atomic mass is 16.1. The zero-order valence-corrected chi connectivity index (χ0v) is 8.49. The number of carbonyl (C=O) groups excluding carboxylic acids is 1. The molecule has 76 valence electrons. The Morgan fingerprint density at radius 3 is 3.00 bits per heavy atom. The van der Waals surface area contributed by atoms with Gasteiger partial charge in [-0.1, -0.05) is 13.0 Å². The van der Waals surface area contributed by atoms with Crippen molar-refractivity contribution in [1.82, 2.24) is 10.3 Å². The van der Waals surface area contributed by atoms with E-state index >= 15 is 0 Å². The molecule has 0 saturated carbocycles. The molecule has 1 N–H and O–H groups in total. The second-order valence-electron chi connectivity index (χ2n) is 3.13. The molecule has 0 unspecified atom stereocenters. The Kier molecular flexibility index (Phi) is 4.69. The zero-order chi connectivity index (χ0) is 10.2. The molecule has 0 aromatic carbocycles. The number of carbonyl (C=O) groups is 1. The summed E-state index contributed by atoms with van der Waals surface area (Å²) >= 11 is 0. The van der Waals surface area contributed by atoms with Crippen LogP contribution < -0.4 is 5.32 Å². The van der Waals surface area contributed by atoms with Crippen LogP contribution in [-0.2, 0) is 11.2 Å². The minimum absolute atomic E-state index is 0.117. The van der Waals surface area contributed by atoms with Crippen LogP contribution in [-0.4, -0.2) is 17.4 Å². The molecular weight excluding hydrogens is 176 g/mol. The Morgan fingerprint density at radius 2 is 2.36 bits per heavy atom. The third-order valence-corrected chi connectivity index (χ3v) is 1.98. The Balaban J connectivity index is 2.13. The van der Waals surface area contributed by atoms with Gasteiger partial charge in [0.05, 0.1) is 0 Å². The van der Waals surface area contributed by atoms with Gasteiger partial charge in [0, 0.05) is 24.9 Å². The zero-order valence-electron chi connectivity index (χ0n) is 8.49. The van der Waals surface area contributed by atoms with E-state index in [9.17, 15) is 4.79 Å². The van der Waals surface area contributed by atoms with E-state index in [1.54, 1.807) is 6.20 Å². The smallest absolute Gasteiger partial charge is 0.219 e. The van der Waals surface area contributed by atoms with E-state index < -0.39 is 0 Å². The van der Waals surface area contributed by atoms with Crippen molar-refractivity contribution in [2.24, 2.45) is 0 Å². The van der Waals surface area contributed by atoms with Crippen molar-refractivity contribution in [2.45, 2.75) is 26.2 Å². The Bertz CT molecular complexity index is 272. The first kappa shape index (κ1) is 10.7. The Labute approximate surface area is 84.6 Å². The SMILES string of the molecule is CCC(=O)NCCCc1ccccn1. The fourth-order valence-electron chi connectivity index (χ4n) is 1.17. The number of hydrogen-bond donors (Lipinski definition) is 1. The predicted molar refractivity (Wildman–Crippen MR) is 55.9 cm³/mol. The predicted octanol–water partition coefficient (Wildman–Crippen LogP) is 1.54. The first-order chi connectivity index (χ1) is 6.83. The monoisotopic (exact) mass is 192 g/mol. The number of aryl methyl sites for hydroxylation is 1. The fraction of sp³-hybridized carbons (Fsp3) is 0.455. The average molecular weight is 192 g/mol. The van der Waals surface area contributed by atoms with Gasteiger partial charge in [-0.05, 0) is 25.0 Å². The molecule has 1 aromatic heterocycles. The quantitative estimate of drug-likeness (QED) is 0.719. The van der Waals surface area contributed by atoms with E-state index in [-0.39, 0.29) is 5.91 Å². The van der Waals surface area contributed by atoms with E-state index in [4.69, 9.17) is 0 Å². The van der Waals surface area contributed by atoms with Crippen molar-refractivity contribution >= 4 is 5.91 Å². The third-order valence-electron chi connectivity index (χ3n) is 1.98. The van der Waals surface area contributed by atoms with Gasteiger partial charge < -0.3 is 5.32 Å². The van der Waals surface area contributed by atoms with Gasteiger partial charge in [-0.25, -0.2) is 0 Å². The van der Waals surface area contributed by atoms with Crippen LogP contribution in [0.25, 0.3) is 0 Å². The maximum atomic E-state index is 10.9.